The topological polar surface area (TPSA) is 47.7 Å². The molecule has 0 bridgehead atoms. The molecule has 1 spiro atoms. The van der Waals surface area contributed by atoms with Crippen LogP contribution in [0.2, 0.25) is 0 Å². The highest BCUT2D eigenvalue weighted by molar-refractivity contribution is 5.09. The van der Waals surface area contributed by atoms with E-state index < -0.39 is 0 Å². The van der Waals surface area contributed by atoms with E-state index in [1.807, 2.05) is 30.5 Å². The molecule has 5 heteroatoms. The van der Waals surface area contributed by atoms with E-state index in [1.165, 1.54) is 5.56 Å². The predicted octanol–water partition coefficient (Wildman–Crippen LogP) is 3.51. The second kappa shape index (κ2) is 7.58. The fourth-order valence-corrected chi connectivity index (χ4v) is 4.21. The smallest absolute Gasteiger partial charge is 0.213 e. The zero-order chi connectivity index (χ0) is 17.0. The van der Waals surface area contributed by atoms with Gasteiger partial charge in [0.1, 0.15) is 0 Å². The van der Waals surface area contributed by atoms with Gasteiger partial charge in [0.25, 0.3) is 0 Å². The quantitative estimate of drug-likeness (QED) is 0.804. The van der Waals surface area contributed by atoms with E-state index >= 15 is 0 Å². The summed E-state index contributed by atoms with van der Waals surface area (Å²) in [6, 6.07) is 7.83. The van der Waals surface area contributed by atoms with Gasteiger partial charge in [0.15, 0.2) is 0 Å². The molecule has 0 unspecified atom stereocenters. The largest absolute Gasteiger partial charge is 0.478 e. The minimum Gasteiger partial charge on any atom is -0.478 e. The normalized spacial score (nSPS) is 23.1. The maximum absolute atomic E-state index is 6.26. The average Bonchev–Trinajstić information content (AvgIpc) is 3.29. The minimum atomic E-state index is 0.0559. The molecule has 1 atom stereocenters. The molecule has 0 N–H and O–H groups in total. The number of piperidine rings is 1. The van der Waals surface area contributed by atoms with Crippen LogP contribution in [0.3, 0.4) is 0 Å². The summed E-state index contributed by atoms with van der Waals surface area (Å²) < 4.78 is 17.2. The van der Waals surface area contributed by atoms with E-state index in [9.17, 15) is 0 Å². The number of furan rings is 1. The zero-order valence-corrected chi connectivity index (χ0v) is 14.6. The first-order valence-corrected chi connectivity index (χ1v) is 9.25. The third-order valence-corrected chi connectivity index (χ3v) is 5.64. The van der Waals surface area contributed by atoms with Crippen molar-refractivity contribution < 1.29 is 13.9 Å². The van der Waals surface area contributed by atoms with Crippen molar-refractivity contribution in [3.63, 3.8) is 0 Å². The van der Waals surface area contributed by atoms with Gasteiger partial charge in [0.05, 0.1) is 24.7 Å². The van der Waals surface area contributed by atoms with Crippen molar-refractivity contribution in [1.82, 2.24) is 9.88 Å². The maximum Gasteiger partial charge on any atom is 0.213 e. The van der Waals surface area contributed by atoms with E-state index in [0.29, 0.717) is 18.4 Å². The van der Waals surface area contributed by atoms with Gasteiger partial charge in [-0.2, -0.15) is 0 Å². The third kappa shape index (κ3) is 3.88. The van der Waals surface area contributed by atoms with Crippen molar-refractivity contribution in [2.24, 2.45) is 5.92 Å². The van der Waals surface area contributed by atoms with Crippen LogP contribution in [0.1, 0.15) is 31.2 Å². The Morgan fingerprint density at radius 2 is 2.16 bits per heavy atom. The van der Waals surface area contributed by atoms with Crippen molar-refractivity contribution in [2.75, 3.05) is 26.3 Å². The van der Waals surface area contributed by atoms with Crippen LogP contribution in [0, 0.1) is 5.92 Å². The van der Waals surface area contributed by atoms with Gasteiger partial charge in [-0.3, -0.25) is 4.90 Å². The van der Waals surface area contributed by atoms with Gasteiger partial charge in [-0.05, 0) is 43.7 Å². The van der Waals surface area contributed by atoms with Crippen molar-refractivity contribution in [3.05, 3.63) is 48.6 Å². The maximum atomic E-state index is 6.26. The molecule has 2 saturated heterocycles. The molecule has 0 aliphatic carbocycles. The Morgan fingerprint density at radius 3 is 2.92 bits per heavy atom. The van der Waals surface area contributed by atoms with E-state index in [1.54, 1.807) is 12.5 Å². The first-order valence-electron chi connectivity index (χ1n) is 9.25. The summed E-state index contributed by atoms with van der Waals surface area (Å²) in [5.41, 5.74) is 1.31. The van der Waals surface area contributed by atoms with Gasteiger partial charge >= 0.3 is 0 Å². The summed E-state index contributed by atoms with van der Waals surface area (Å²) in [5.74, 6) is 1.30. The Labute approximate surface area is 148 Å². The summed E-state index contributed by atoms with van der Waals surface area (Å²) in [7, 11) is 0. The molecule has 25 heavy (non-hydrogen) atoms. The summed E-state index contributed by atoms with van der Waals surface area (Å²) in [5, 5.41) is 0. The Kier molecular flexibility index (Phi) is 5.04. The minimum absolute atomic E-state index is 0.0559. The molecule has 0 amide bonds. The molecular weight excluding hydrogens is 316 g/mol. The number of likely N-dealkylation sites (tertiary alicyclic amines) is 1. The van der Waals surface area contributed by atoms with Crippen LogP contribution in [-0.2, 0) is 11.3 Å². The third-order valence-electron chi connectivity index (χ3n) is 5.64. The molecule has 0 radical (unpaired) electrons. The number of aromatic nitrogens is 1. The lowest BCUT2D eigenvalue weighted by Crippen LogP contribution is -2.47. The van der Waals surface area contributed by atoms with Gasteiger partial charge < -0.3 is 13.9 Å². The first kappa shape index (κ1) is 16.6. The molecule has 2 aliphatic rings. The van der Waals surface area contributed by atoms with Gasteiger partial charge in [0, 0.05) is 44.1 Å². The molecule has 134 valence electrons. The number of rotatable bonds is 6. The lowest BCUT2D eigenvalue weighted by molar-refractivity contribution is -0.0709. The number of pyridine rings is 1. The fraction of sp³-hybridized carbons (Fsp3) is 0.550. The number of ether oxygens (including phenoxy) is 2. The lowest BCUT2D eigenvalue weighted by atomic mass is 9.78. The highest BCUT2D eigenvalue weighted by Crippen LogP contribution is 2.42. The fourth-order valence-electron chi connectivity index (χ4n) is 4.21. The molecule has 2 aromatic rings. The average molecular weight is 342 g/mol. The second-order valence-electron chi connectivity index (χ2n) is 7.11. The van der Waals surface area contributed by atoms with Crippen molar-refractivity contribution in [3.8, 4) is 5.88 Å². The Balaban J connectivity index is 1.27. The molecule has 4 rings (SSSR count). The molecule has 5 nitrogen and oxygen atoms in total. The summed E-state index contributed by atoms with van der Waals surface area (Å²) in [6.45, 7) is 4.74. The van der Waals surface area contributed by atoms with E-state index in [-0.39, 0.29) is 5.60 Å². The Hall–Kier alpha value is -1.85. The first-order chi connectivity index (χ1) is 12.3. The molecule has 4 heterocycles. The molecule has 0 saturated carbocycles. The Bertz CT molecular complexity index is 636. The van der Waals surface area contributed by atoms with Crippen LogP contribution in [0.25, 0.3) is 0 Å². The Morgan fingerprint density at radius 1 is 1.24 bits per heavy atom. The zero-order valence-electron chi connectivity index (χ0n) is 14.6. The van der Waals surface area contributed by atoms with Crippen LogP contribution in [0.5, 0.6) is 5.88 Å². The summed E-state index contributed by atoms with van der Waals surface area (Å²) in [4.78, 5) is 6.72. The highest BCUT2D eigenvalue weighted by atomic mass is 16.5. The highest BCUT2D eigenvalue weighted by Gasteiger charge is 2.45. The summed E-state index contributed by atoms with van der Waals surface area (Å²) in [6.07, 6.45) is 9.77. The van der Waals surface area contributed by atoms with Gasteiger partial charge in [-0.25, -0.2) is 4.98 Å². The number of hydrogen-bond acceptors (Lipinski definition) is 5. The van der Waals surface area contributed by atoms with Gasteiger partial charge in [-0.15, -0.1) is 0 Å². The van der Waals surface area contributed by atoms with Crippen LogP contribution in [0.15, 0.2) is 47.4 Å². The molecular formula is C20H26N2O3. The van der Waals surface area contributed by atoms with E-state index in [4.69, 9.17) is 13.9 Å². The van der Waals surface area contributed by atoms with Crippen molar-refractivity contribution >= 4 is 0 Å². The SMILES string of the molecule is c1ccc(OCC[C@H]2CCOC23CCN(Cc2ccoc2)CC3)nc1. The standard InChI is InChI=1S/C20H26N2O3/c1-2-9-21-19(3-1)24-13-5-18-6-14-25-20(18)7-10-22(11-8-20)15-17-4-12-23-16-17/h1-4,9,12,16,18H,5-8,10-11,13-15H2/t18-/m0/s1. The van der Waals surface area contributed by atoms with Gasteiger partial charge in [0.2, 0.25) is 5.88 Å². The van der Waals surface area contributed by atoms with Crippen LogP contribution in [0.4, 0.5) is 0 Å². The van der Waals surface area contributed by atoms with Crippen molar-refractivity contribution in [1.29, 1.82) is 0 Å². The predicted molar refractivity (Wildman–Crippen MR) is 94.4 cm³/mol. The van der Waals surface area contributed by atoms with E-state index in [0.717, 1.165) is 51.9 Å². The molecule has 2 aliphatic heterocycles. The monoisotopic (exact) mass is 342 g/mol. The number of nitrogens with zero attached hydrogens (tertiary/aromatic N) is 2. The molecule has 2 aromatic heterocycles. The van der Waals surface area contributed by atoms with Gasteiger partial charge in [-0.1, -0.05) is 6.07 Å². The molecule has 0 aromatic carbocycles. The molecule has 2 fully saturated rings. The van der Waals surface area contributed by atoms with Crippen LogP contribution < -0.4 is 4.74 Å². The lowest BCUT2D eigenvalue weighted by Gasteiger charge is -2.42. The summed E-state index contributed by atoms with van der Waals surface area (Å²) >= 11 is 0. The number of hydrogen-bond donors (Lipinski definition) is 0. The van der Waals surface area contributed by atoms with Crippen LogP contribution >= 0.6 is 0 Å². The second-order valence-corrected chi connectivity index (χ2v) is 7.11. The van der Waals surface area contributed by atoms with Crippen molar-refractivity contribution in [2.45, 2.75) is 37.8 Å². The van der Waals surface area contributed by atoms with Crippen LogP contribution in [-0.4, -0.2) is 41.8 Å². The van der Waals surface area contributed by atoms with E-state index in [2.05, 4.69) is 9.88 Å².